The molecular formula is C25H34F3NO4S2. The Kier molecular flexibility index (Phi) is 13.7. The number of nitrogens with zero attached hydrogens (tertiary/aromatic N) is 1. The van der Waals surface area contributed by atoms with Crippen LogP contribution < -0.4 is 0 Å². The van der Waals surface area contributed by atoms with Crippen LogP contribution in [0.5, 0.6) is 0 Å². The van der Waals surface area contributed by atoms with Crippen molar-refractivity contribution in [3.63, 3.8) is 0 Å². The van der Waals surface area contributed by atoms with Gasteiger partial charge in [-0.05, 0) is 54.4 Å². The van der Waals surface area contributed by atoms with Gasteiger partial charge in [0.2, 0.25) is 0 Å². The number of halogens is 3. The second-order valence-electron chi connectivity index (χ2n) is 9.29. The maximum absolute atomic E-state index is 13.2. The van der Waals surface area contributed by atoms with Gasteiger partial charge in [0.1, 0.15) is 6.10 Å². The molecule has 5 nitrogen and oxygen atoms in total. The normalized spacial score (nSPS) is 20.7. The summed E-state index contributed by atoms with van der Waals surface area (Å²) in [6, 6.07) is 0. The number of hydrogen-bond donors (Lipinski definition) is 0. The summed E-state index contributed by atoms with van der Waals surface area (Å²) in [5.41, 5.74) is -0.482. The standard InChI is InChI=1S/C25H34F3NO4S2/c1-16(30)22(29-32)15-35-18(3)34-14-11-20-19(8-9-23(20)33-17(2)31)7-6-12-25(4,5)13-10-21(26)24(27)28/h6-7,15,19-20,23H,3,8-14H2,1-2,4-5H3/b7-6+,22-15-/t19-,20+,23-/m0/s1. The Hall–Kier alpha value is -1.81. The van der Waals surface area contributed by atoms with E-state index >= 15 is 0 Å². The van der Waals surface area contributed by atoms with E-state index in [4.69, 9.17) is 4.74 Å². The van der Waals surface area contributed by atoms with Gasteiger partial charge in [0.25, 0.3) is 0 Å². The Morgan fingerprint density at radius 2 is 1.89 bits per heavy atom. The molecule has 0 aromatic carbocycles. The summed E-state index contributed by atoms with van der Waals surface area (Å²) in [7, 11) is 0. The SMILES string of the molecule is C=C(S/C=C(\N=O)C(C)=O)SCC[C@H]1[C@@H](OC(C)=O)CC[C@@H]1/C=C/CC(C)(C)CCC(F)=C(F)F. The highest BCUT2D eigenvalue weighted by Crippen LogP contribution is 2.40. The number of allylic oxidation sites excluding steroid dienone is 4. The third-order valence-corrected chi connectivity index (χ3v) is 7.89. The van der Waals surface area contributed by atoms with Crippen LogP contribution in [0.3, 0.4) is 0 Å². The number of hydrogen-bond acceptors (Lipinski definition) is 7. The highest BCUT2D eigenvalue weighted by Gasteiger charge is 2.36. The molecule has 0 radical (unpaired) electrons. The minimum atomic E-state index is -2.25. The zero-order chi connectivity index (χ0) is 26.6. The zero-order valence-electron chi connectivity index (χ0n) is 20.7. The Labute approximate surface area is 214 Å². The van der Waals surface area contributed by atoms with Gasteiger partial charge in [-0.15, -0.1) is 16.7 Å². The highest BCUT2D eigenvalue weighted by atomic mass is 32.2. The van der Waals surface area contributed by atoms with E-state index in [9.17, 15) is 27.7 Å². The van der Waals surface area contributed by atoms with Crippen LogP contribution in [0, 0.1) is 22.2 Å². The average Bonchev–Trinajstić information content (AvgIpc) is 3.12. The number of rotatable bonds is 15. The van der Waals surface area contributed by atoms with Crippen LogP contribution in [-0.4, -0.2) is 23.6 Å². The Bertz CT molecular complexity index is 867. The molecule has 0 N–H and O–H groups in total. The van der Waals surface area contributed by atoms with Crippen molar-refractivity contribution in [1.82, 2.24) is 0 Å². The summed E-state index contributed by atoms with van der Waals surface area (Å²) in [5.74, 6) is -1.06. The summed E-state index contributed by atoms with van der Waals surface area (Å²) in [6.07, 6.45) is 4.70. The highest BCUT2D eigenvalue weighted by molar-refractivity contribution is 8.23. The molecule has 0 aliphatic heterocycles. The van der Waals surface area contributed by atoms with E-state index in [0.717, 1.165) is 19.3 Å². The van der Waals surface area contributed by atoms with Crippen molar-refractivity contribution in [2.45, 2.75) is 72.3 Å². The predicted octanol–water partition coefficient (Wildman–Crippen LogP) is 8.30. The van der Waals surface area contributed by atoms with Crippen molar-refractivity contribution in [2.24, 2.45) is 22.4 Å². The number of carbonyl (C=O) groups excluding carboxylic acids is 2. The first-order valence-corrected chi connectivity index (χ1v) is 13.3. The number of esters is 1. The third kappa shape index (κ3) is 12.1. The summed E-state index contributed by atoms with van der Waals surface area (Å²) in [4.78, 5) is 33.5. The van der Waals surface area contributed by atoms with Crippen LogP contribution >= 0.6 is 23.5 Å². The van der Waals surface area contributed by atoms with E-state index in [1.165, 1.54) is 42.8 Å². The Morgan fingerprint density at radius 1 is 1.20 bits per heavy atom. The lowest BCUT2D eigenvalue weighted by Crippen LogP contribution is -2.24. The number of ether oxygens (including phenoxy) is 1. The number of nitroso groups, excluding NO2 is 1. The van der Waals surface area contributed by atoms with Crippen LogP contribution in [0.2, 0.25) is 0 Å². The first kappa shape index (κ1) is 31.2. The Balaban J connectivity index is 2.70. The molecule has 1 aliphatic carbocycles. The molecule has 0 spiro atoms. The van der Waals surface area contributed by atoms with Crippen molar-refractivity contribution in [3.05, 3.63) is 50.9 Å². The van der Waals surface area contributed by atoms with E-state index in [1.54, 1.807) is 0 Å². The molecule has 0 aromatic heterocycles. The quantitative estimate of drug-likeness (QED) is 0.0912. The summed E-state index contributed by atoms with van der Waals surface area (Å²) < 4.78 is 44.1. The summed E-state index contributed by atoms with van der Waals surface area (Å²) in [5, 5.41) is 4.09. The van der Waals surface area contributed by atoms with Gasteiger partial charge < -0.3 is 4.74 Å². The van der Waals surface area contributed by atoms with Gasteiger partial charge in [0.05, 0.1) is 0 Å². The molecule has 0 amide bonds. The number of Topliss-reactive ketones (excluding diaryl/α,β-unsaturated/α-hetero) is 1. The molecule has 1 fully saturated rings. The van der Waals surface area contributed by atoms with E-state index in [0.29, 0.717) is 22.8 Å². The second-order valence-corrected chi connectivity index (χ2v) is 11.7. The van der Waals surface area contributed by atoms with Crippen molar-refractivity contribution in [3.8, 4) is 0 Å². The van der Waals surface area contributed by atoms with Crippen LogP contribution in [0.4, 0.5) is 13.2 Å². The fraction of sp³-hybridized carbons (Fsp3) is 0.600. The van der Waals surface area contributed by atoms with E-state index in [1.807, 2.05) is 19.9 Å². The number of ketones is 1. The lowest BCUT2D eigenvalue weighted by molar-refractivity contribution is -0.148. The smallest absolute Gasteiger partial charge is 0.302 e. The maximum atomic E-state index is 13.2. The molecule has 10 heteroatoms. The first-order chi connectivity index (χ1) is 16.4. The number of carbonyl (C=O) groups is 2. The molecule has 1 rings (SSSR count). The van der Waals surface area contributed by atoms with Crippen LogP contribution in [0.15, 0.2) is 51.2 Å². The molecule has 0 heterocycles. The van der Waals surface area contributed by atoms with Gasteiger partial charge in [-0.3, -0.25) is 9.59 Å². The largest absolute Gasteiger partial charge is 0.462 e. The Morgan fingerprint density at radius 3 is 2.46 bits per heavy atom. The minimum absolute atomic E-state index is 0.115. The van der Waals surface area contributed by atoms with Gasteiger partial charge in [0, 0.05) is 35.8 Å². The van der Waals surface area contributed by atoms with Crippen molar-refractivity contribution < 1.29 is 27.5 Å². The van der Waals surface area contributed by atoms with E-state index in [-0.39, 0.29) is 41.4 Å². The van der Waals surface area contributed by atoms with E-state index in [2.05, 4.69) is 17.8 Å². The molecule has 0 aromatic rings. The molecule has 3 atom stereocenters. The van der Waals surface area contributed by atoms with Crippen molar-refractivity contribution in [1.29, 1.82) is 0 Å². The molecule has 1 saturated carbocycles. The number of thioether (sulfide) groups is 2. The fourth-order valence-corrected chi connectivity index (χ4v) is 5.63. The lowest BCUT2D eigenvalue weighted by atomic mass is 9.83. The van der Waals surface area contributed by atoms with Crippen LogP contribution in [0.1, 0.15) is 66.2 Å². The molecule has 1 aliphatic rings. The van der Waals surface area contributed by atoms with Gasteiger partial charge in [-0.2, -0.15) is 8.78 Å². The lowest BCUT2D eigenvalue weighted by Gasteiger charge is -2.24. The maximum Gasteiger partial charge on any atom is 0.302 e. The van der Waals surface area contributed by atoms with E-state index < -0.39 is 17.7 Å². The molecule has 35 heavy (non-hydrogen) atoms. The summed E-state index contributed by atoms with van der Waals surface area (Å²) in [6.45, 7) is 10.4. The third-order valence-electron chi connectivity index (χ3n) is 5.88. The fourth-order valence-electron chi connectivity index (χ4n) is 3.90. The van der Waals surface area contributed by atoms with Crippen molar-refractivity contribution >= 4 is 35.3 Å². The average molecular weight is 534 g/mol. The van der Waals surface area contributed by atoms with Gasteiger partial charge >= 0.3 is 12.0 Å². The van der Waals surface area contributed by atoms with Crippen LogP contribution in [0.25, 0.3) is 0 Å². The van der Waals surface area contributed by atoms with Gasteiger partial charge in [-0.1, -0.05) is 44.3 Å². The molecule has 0 unspecified atom stereocenters. The molecule has 0 bridgehead atoms. The second kappa shape index (κ2) is 15.3. The van der Waals surface area contributed by atoms with Gasteiger partial charge in [0.15, 0.2) is 17.3 Å². The topological polar surface area (TPSA) is 72.8 Å². The first-order valence-electron chi connectivity index (χ1n) is 11.4. The molecular weight excluding hydrogens is 499 g/mol. The monoisotopic (exact) mass is 533 g/mol. The zero-order valence-corrected chi connectivity index (χ0v) is 22.3. The van der Waals surface area contributed by atoms with Crippen molar-refractivity contribution in [2.75, 3.05) is 5.75 Å². The van der Waals surface area contributed by atoms with Crippen LogP contribution in [-0.2, 0) is 14.3 Å². The molecule has 196 valence electrons. The predicted molar refractivity (Wildman–Crippen MR) is 137 cm³/mol. The van der Waals surface area contributed by atoms with Gasteiger partial charge in [-0.25, -0.2) is 4.39 Å². The summed E-state index contributed by atoms with van der Waals surface area (Å²) >= 11 is 2.67. The minimum Gasteiger partial charge on any atom is -0.462 e. The molecule has 0 saturated heterocycles.